The highest BCUT2D eigenvalue weighted by Crippen LogP contribution is 2.36. The molecule has 0 amide bonds. The lowest BCUT2D eigenvalue weighted by Gasteiger charge is -2.43. The molecular formula is C22H26O3Si. The smallest absolute Gasteiger partial charge is 0.261 e. The minimum atomic E-state index is -2.53. The first-order chi connectivity index (χ1) is 12.4. The van der Waals surface area contributed by atoms with Crippen LogP contribution in [-0.2, 0) is 14.0 Å². The van der Waals surface area contributed by atoms with Crippen LogP contribution in [0.2, 0.25) is 5.04 Å². The fourth-order valence-electron chi connectivity index (χ4n) is 3.67. The maximum Gasteiger partial charge on any atom is 0.261 e. The topological polar surface area (TPSA) is 35.5 Å². The van der Waals surface area contributed by atoms with Gasteiger partial charge in [0, 0.05) is 19.1 Å². The van der Waals surface area contributed by atoms with Gasteiger partial charge in [0.25, 0.3) is 8.32 Å². The van der Waals surface area contributed by atoms with Crippen LogP contribution in [0.15, 0.2) is 73.0 Å². The van der Waals surface area contributed by atoms with E-state index in [1.54, 1.807) is 0 Å². The number of hydrogen-bond donors (Lipinski definition) is 0. The summed E-state index contributed by atoms with van der Waals surface area (Å²) in [7, 11) is -2.53. The molecule has 3 rings (SSSR count). The van der Waals surface area contributed by atoms with Crippen molar-refractivity contribution in [1.82, 2.24) is 0 Å². The van der Waals surface area contributed by atoms with Gasteiger partial charge >= 0.3 is 0 Å². The van der Waals surface area contributed by atoms with Crippen molar-refractivity contribution in [3.05, 3.63) is 73.0 Å². The molecule has 1 aliphatic heterocycles. The lowest BCUT2D eigenvalue weighted by molar-refractivity contribution is -0.120. The number of ketones is 1. The predicted molar refractivity (Wildman–Crippen MR) is 107 cm³/mol. The van der Waals surface area contributed by atoms with Crippen LogP contribution in [0.3, 0.4) is 0 Å². The Morgan fingerprint density at radius 3 is 1.92 bits per heavy atom. The van der Waals surface area contributed by atoms with E-state index in [1.807, 2.05) is 12.1 Å². The quantitative estimate of drug-likeness (QED) is 0.735. The third-order valence-electron chi connectivity index (χ3n) is 4.91. The van der Waals surface area contributed by atoms with Crippen molar-refractivity contribution in [2.45, 2.75) is 38.3 Å². The van der Waals surface area contributed by atoms with Crippen LogP contribution in [0.1, 0.15) is 27.2 Å². The summed E-state index contributed by atoms with van der Waals surface area (Å²) in [6.07, 6.45) is 3.13. The second kappa shape index (κ2) is 7.60. The van der Waals surface area contributed by atoms with Gasteiger partial charge in [-0.05, 0) is 15.4 Å². The molecular weight excluding hydrogens is 340 g/mol. The summed E-state index contributed by atoms with van der Waals surface area (Å²) >= 11 is 0. The Morgan fingerprint density at radius 2 is 1.50 bits per heavy atom. The lowest BCUT2D eigenvalue weighted by atomic mass is 10.2. The first-order valence-electron chi connectivity index (χ1n) is 9.06. The van der Waals surface area contributed by atoms with E-state index in [-0.39, 0.29) is 10.8 Å². The number of hydrogen-bond acceptors (Lipinski definition) is 3. The van der Waals surface area contributed by atoms with E-state index >= 15 is 0 Å². The second-order valence-electron chi connectivity index (χ2n) is 7.63. The number of carbonyl (C=O) groups is 1. The summed E-state index contributed by atoms with van der Waals surface area (Å²) in [5, 5.41) is 2.43. The van der Waals surface area contributed by atoms with Crippen molar-refractivity contribution in [2.24, 2.45) is 0 Å². The Kier molecular flexibility index (Phi) is 5.44. The molecule has 0 fully saturated rings. The number of rotatable bonds is 6. The molecule has 3 nitrogen and oxygen atoms in total. The van der Waals surface area contributed by atoms with E-state index in [9.17, 15) is 4.79 Å². The molecule has 1 aliphatic rings. The van der Waals surface area contributed by atoms with Gasteiger partial charge in [-0.1, -0.05) is 81.4 Å². The van der Waals surface area contributed by atoms with Crippen LogP contribution in [0.4, 0.5) is 0 Å². The van der Waals surface area contributed by atoms with Crippen LogP contribution < -0.4 is 10.4 Å². The zero-order chi connectivity index (χ0) is 18.6. The van der Waals surface area contributed by atoms with Gasteiger partial charge in [-0.15, -0.1) is 0 Å². The lowest BCUT2D eigenvalue weighted by Crippen LogP contribution is -2.66. The minimum absolute atomic E-state index is 0.0241. The molecule has 26 heavy (non-hydrogen) atoms. The summed E-state index contributed by atoms with van der Waals surface area (Å²) in [6, 6.07) is 21.0. The van der Waals surface area contributed by atoms with Gasteiger partial charge < -0.3 is 9.16 Å². The standard InChI is InChI=1S/C22H26O3Si/c1-22(2,3)26(18-10-6-4-7-11-18,19-12-8-5-9-13-19)25-17-15-21-20(23)14-16-24-21/h4-14,16,21H,15,17H2,1-3H3. The van der Waals surface area contributed by atoms with Crippen molar-refractivity contribution in [3.63, 3.8) is 0 Å². The number of ether oxygens (including phenoxy) is 1. The molecule has 1 atom stereocenters. The first kappa shape index (κ1) is 18.6. The second-order valence-corrected chi connectivity index (χ2v) is 11.9. The van der Waals surface area contributed by atoms with Gasteiger partial charge in [0.2, 0.25) is 0 Å². The summed E-state index contributed by atoms with van der Waals surface area (Å²) in [5.41, 5.74) is 0. The van der Waals surface area contributed by atoms with Crippen LogP contribution in [0.25, 0.3) is 0 Å². The van der Waals surface area contributed by atoms with E-state index in [1.165, 1.54) is 22.7 Å². The molecule has 2 aromatic carbocycles. The zero-order valence-electron chi connectivity index (χ0n) is 15.6. The van der Waals surface area contributed by atoms with Crippen LogP contribution >= 0.6 is 0 Å². The fourth-order valence-corrected chi connectivity index (χ4v) is 8.25. The molecule has 0 saturated heterocycles. The average molecular weight is 367 g/mol. The molecule has 0 spiro atoms. The SMILES string of the molecule is CC(C)(C)[Si](OCCC1OC=CC1=O)(c1ccccc1)c1ccccc1. The molecule has 0 aromatic heterocycles. The van der Waals surface area contributed by atoms with Crippen LogP contribution in [0.5, 0.6) is 0 Å². The molecule has 136 valence electrons. The fraction of sp³-hybridized carbons (Fsp3) is 0.318. The van der Waals surface area contributed by atoms with E-state index < -0.39 is 14.4 Å². The highest BCUT2D eigenvalue weighted by atomic mass is 28.4. The highest BCUT2D eigenvalue weighted by molar-refractivity contribution is 6.99. The van der Waals surface area contributed by atoms with Crippen molar-refractivity contribution in [2.75, 3.05) is 6.61 Å². The molecule has 0 saturated carbocycles. The molecule has 0 radical (unpaired) electrons. The van der Waals surface area contributed by atoms with Gasteiger partial charge in [0.1, 0.15) is 0 Å². The van der Waals surface area contributed by atoms with Crippen LogP contribution in [-0.4, -0.2) is 26.8 Å². The molecule has 0 N–H and O–H groups in total. The average Bonchev–Trinajstić information content (AvgIpc) is 3.04. The maximum absolute atomic E-state index is 11.8. The Bertz CT molecular complexity index is 723. The summed E-state index contributed by atoms with van der Waals surface area (Å²) in [4.78, 5) is 11.8. The third-order valence-corrected chi connectivity index (χ3v) is 9.95. The Morgan fingerprint density at radius 1 is 0.962 bits per heavy atom. The Hall–Kier alpha value is -2.17. The van der Waals surface area contributed by atoms with Gasteiger partial charge in [-0.2, -0.15) is 0 Å². The summed E-state index contributed by atoms with van der Waals surface area (Å²) < 4.78 is 12.1. The van der Waals surface area contributed by atoms with Gasteiger partial charge in [-0.25, -0.2) is 0 Å². The zero-order valence-corrected chi connectivity index (χ0v) is 16.6. The van der Waals surface area contributed by atoms with Gasteiger partial charge in [0.15, 0.2) is 11.9 Å². The molecule has 4 heteroatoms. The highest BCUT2D eigenvalue weighted by Gasteiger charge is 2.50. The largest absolute Gasteiger partial charge is 0.490 e. The molecule has 0 aliphatic carbocycles. The van der Waals surface area contributed by atoms with E-state index in [0.29, 0.717) is 13.0 Å². The van der Waals surface area contributed by atoms with Gasteiger partial charge in [-0.3, -0.25) is 4.79 Å². The van der Waals surface area contributed by atoms with E-state index in [0.717, 1.165) is 0 Å². The van der Waals surface area contributed by atoms with Crippen molar-refractivity contribution in [1.29, 1.82) is 0 Å². The monoisotopic (exact) mass is 366 g/mol. The molecule has 1 heterocycles. The Labute approximate surface area is 156 Å². The maximum atomic E-state index is 11.8. The van der Waals surface area contributed by atoms with E-state index in [4.69, 9.17) is 9.16 Å². The van der Waals surface area contributed by atoms with Crippen molar-refractivity contribution in [3.8, 4) is 0 Å². The van der Waals surface area contributed by atoms with E-state index in [2.05, 4.69) is 69.3 Å². The van der Waals surface area contributed by atoms with Crippen LogP contribution in [0, 0.1) is 0 Å². The first-order valence-corrected chi connectivity index (χ1v) is 11.0. The van der Waals surface area contributed by atoms with Gasteiger partial charge in [0.05, 0.1) is 6.26 Å². The van der Waals surface area contributed by atoms with Crippen molar-refractivity contribution >= 4 is 24.5 Å². The molecule has 0 bridgehead atoms. The summed E-state index contributed by atoms with van der Waals surface area (Å²) in [6.45, 7) is 7.24. The Balaban J connectivity index is 1.96. The van der Waals surface area contributed by atoms with Crippen molar-refractivity contribution < 1.29 is 14.0 Å². The predicted octanol–water partition coefficient (Wildman–Crippen LogP) is 3.43. The normalized spacial score (nSPS) is 17.3. The minimum Gasteiger partial charge on any atom is -0.490 e. The number of carbonyl (C=O) groups excluding carboxylic acids is 1. The third kappa shape index (κ3) is 3.52. The molecule has 1 unspecified atom stereocenters. The number of benzene rings is 2. The summed E-state index contributed by atoms with van der Waals surface area (Å²) in [5.74, 6) is 0.0241. The molecule has 2 aromatic rings.